The highest BCUT2D eigenvalue weighted by atomic mass is 16.1. The van der Waals surface area contributed by atoms with Gasteiger partial charge in [0.2, 0.25) is 5.91 Å². The Morgan fingerprint density at radius 1 is 1.64 bits per heavy atom. The van der Waals surface area contributed by atoms with Gasteiger partial charge in [-0.15, -0.1) is 0 Å². The number of carbonyl (C=O) groups excluding carboxylic acids is 1. The number of unbranched alkanes of at least 4 members (excludes halogenated alkanes) is 1. The Balaban J connectivity index is 3.17. The fourth-order valence-corrected chi connectivity index (χ4v) is 0.721. The van der Waals surface area contributed by atoms with E-state index >= 15 is 0 Å². The van der Waals surface area contributed by atoms with E-state index in [0.29, 0.717) is 6.54 Å². The third-order valence-electron chi connectivity index (χ3n) is 1.64. The number of carbonyl (C=O) groups is 1. The van der Waals surface area contributed by atoms with Crippen molar-refractivity contribution < 1.29 is 4.79 Å². The molecular formula is C8H18N2O. The third-order valence-corrected chi connectivity index (χ3v) is 1.64. The first-order chi connectivity index (χ1) is 5.18. The van der Waals surface area contributed by atoms with Gasteiger partial charge in [0.1, 0.15) is 0 Å². The van der Waals surface area contributed by atoms with E-state index in [1.807, 2.05) is 6.92 Å². The first kappa shape index (κ1) is 10.4. The van der Waals surface area contributed by atoms with Crippen molar-refractivity contribution in [3.8, 4) is 0 Å². The van der Waals surface area contributed by atoms with Crippen LogP contribution >= 0.6 is 0 Å². The maximum absolute atomic E-state index is 10.5. The smallest absolute Gasteiger partial charge is 0.221 e. The van der Waals surface area contributed by atoms with Gasteiger partial charge < -0.3 is 11.1 Å². The van der Waals surface area contributed by atoms with Gasteiger partial charge in [-0.3, -0.25) is 4.79 Å². The first-order valence-corrected chi connectivity index (χ1v) is 4.18. The Kier molecular flexibility index (Phi) is 5.84. The molecule has 3 N–H and O–H groups in total. The van der Waals surface area contributed by atoms with E-state index in [1.165, 1.54) is 6.42 Å². The van der Waals surface area contributed by atoms with Crippen molar-refractivity contribution in [3.63, 3.8) is 0 Å². The van der Waals surface area contributed by atoms with Crippen LogP contribution in [0.1, 0.15) is 26.7 Å². The minimum atomic E-state index is -0.228. The summed E-state index contributed by atoms with van der Waals surface area (Å²) in [6.07, 6.45) is 2.34. The summed E-state index contributed by atoms with van der Waals surface area (Å²) < 4.78 is 0. The van der Waals surface area contributed by atoms with Crippen LogP contribution in [0.4, 0.5) is 0 Å². The van der Waals surface area contributed by atoms with Crippen LogP contribution in [0.25, 0.3) is 0 Å². The second kappa shape index (κ2) is 6.16. The van der Waals surface area contributed by atoms with Crippen molar-refractivity contribution in [2.75, 3.05) is 13.1 Å². The fraction of sp³-hybridized carbons (Fsp3) is 0.875. The lowest BCUT2D eigenvalue weighted by molar-refractivity contribution is -0.121. The minimum absolute atomic E-state index is 0.0492. The second-order valence-electron chi connectivity index (χ2n) is 2.86. The molecule has 0 spiro atoms. The molecule has 0 aliphatic rings. The molecule has 11 heavy (non-hydrogen) atoms. The fourth-order valence-electron chi connectivity index (χ4n) is 0.721. The number of nitrogens with two attached hydrogens (primary N) is 1. The average Bonchev–Trinajstić information content (AvgIpc) is 1.97. The number of rotatable bonds is 6. The Bertz CT molecular complexity index is 115. The minimum Gasteiger partial charge on any atom is -0.369 e. The Morgan fingerprint density at radius 3 is 2.73 bits per heavy atom. The molecule has 0 aromatic rings. The van der Waals surface area contributed by atoms with Crippen LogP contribution in [0.5, 0.6) is 0 Å². The maximum Gasteiger partial charge on any atom is 0.221 e. The highest BCUT2D eigenvalue weighted by molar-refractivity contribution is 5.76. The van der Waals surface area contributed by atoms with Gasteiger partial charge in [0.15, 0.2) is 0 Å². The summed E-state index contributed by atoms with van der Waals surface area (Å²) >= 11 is 0. The summed E-state index contributed by atoms with van der Waals surface area (Å²) in [7, 11) is 0. The number of hydrogen-bond donors (Lipinski definition) is 2. The Morgan fingerprint density at radius 2 is 2.27 bits per heavy atom. The van der Waals surface area contributed by atoms with Crippen LogP contribution in [0.3, 0.4) is 0 Å². The van der Waals surface area contributed by atoms with Crippen molar-refractivity contribution in [3.05, 3.63) is 0 Å². The number of amides is 1. The van der Waals surface area contributed by atoms with Gasteiger partial charge in [0, 0.05) is 12.5 Å². The van der Waals surface area contributed by atoms with Gasteiger partial charge >= 0.3 is 0 Å². The highest BCUT2D eigenvalue weighted by Gasteiger charge is 2.06. The van der Waals surface area contributed by atoms with E-state index < -0.39 is 0 Å². The number of nitrogens with one attached hydrogen (secondary N) is 1. The standard InChI is InChI=1S/C8H18N2O/c1-3-4-5-10-6-7(2)8(9)11/h7,10H,3-6H2,1-2H3,(H2,9,11). The predicted molar refractivity (Wildman–Crippen MR) is 46.1 cm³/mol. The topological polar surface area (TPSA) is 55.1 Å². The summed E-state index contributed by atoms with van der Waals surface area (Å²) in [4.78, 5) is 10.5. The van der Waals surface area contributed by atoms with Gasteiger partial charge in [-0.1, -0.05) is 20.3 Å². The van der Waals surface area contributed by atoms with Crippen LogP contribution in [0.2, 0.25) is 0 Å². The van der Waals surface area contributed by atoms with Crippen LogP contribution < -0.4 is 11.1 Å². The molecule has 3 heteroatoms. The Hall–Kier alpha value is -0.570. The molecule has 0 aliphatic heterocycles. The molecule has 0 aromatic carbocycles. The summed E-state index contributed by atoms with van der Waals surface area (Å²) in [5, 5.41) is 3.17. The quantitative estimate of drug-likeness (QED) is 0.553. The van der Waals surface area contributed by atoms with Crippen LogP contribution in [0, 0.1) is 5.92 Å². The van der Waals surface area contributed by atoms with E-state index in [9.17, 15) is 4.79 Å². The molecule has 0 aliphatic carbocycles. The average molecular weight is 158 g/mol. The third kappa shape index (κ3) is 5.85. The summed E-state index contributed by atoms with van der Waals surface area (Å²) in [6.45, 7) is 5.66. The van der Waals surface area contributed by atoms with Crippen LogP contribution in [-0.2, 0) is 4.79 Å². The molecule has 0 heterocycles. The maximum atomic E-state index is 10.5. The molecular weight excluding hydrogens is 140 g/mol. The zero-order chi connectivity index (χ0) is 8.69. The highest BCUT2D eigenvalue weighted by Crippen LogP contribution is 1.90. The number of primary amides is 1. The van der Waals surface area contributed by atoms with E-state index in [4.69, 9.17) is 5.73 Å². The monoisotopic (exact) mass is 158 g/mol. The lowest BCUT2D eigenvalue weighted by Gasteiger charge is -2.07. The molecule has 0 saturated heterocycles. The summed E-state index contributed by atoms with van der Waals surface area (Å²) in [6, 6.07) is 0. The molecule has 1 atom stereocenters. The van der Waals surface area contributed by atoms with Crippen molar-refractivity contribution in [2.24, 2.45) is 11.7 Å². The lowest BCUT2D eigenvalue weighted by Crippen LogP contribution is -2.31. The van der Waals surface area contributed by atoms with Crippen molar-refractivity contribution in [1.82, 2.24) is 5.32 Å². The second-order valence-corrected chi connectivity index (χ2v) is 2.86. The van der Waals surface area contributed by atoms with E-state index in [0.717, 1.165) is 13.0 Å². The zero-order valence-electron chi connectivity index (χ0n) is 7.39. The van der Waals surface area contributed by atoms with Crippen LogP contribution in [0.15, 0.2) is 0 Å². The van der Waals surface area contributed by atoms with Crippen molar-refractivity contribution >= 4 is 5.91 Å². The SMILES string of the molecule is CCCCNCC(C)C(N)=O. The molecule has 0 bridgehead atoms. The van der Waals surface area contributed by atoms with Crippen molar-refractivity contribution in [2.45, 2.75) is 26.7 Å². The molecule has 0 fully saturated rings. The number of hydrogen-bond acceptors (Lipinski definition) is 2. The largest absolute Gasteiger partial charge is 0.369 e. The van der Waals surface area contributed by atoms with Gasteiger partial charge in [0.05, 0.1) is 0 Å². The molecule has 0 radical (unpaired) electrons. The Labute approximate surface area is 68.3 Å². The molecule has 3 nitrogen and oxygen atoms in total. The molecule has 1 unspecified atom stereocenters. The van der Waals surface area contributed by atoms with Crippen molar-refractivity contribution in [1.29, 1.82) is 0 Å². The van der Waals surface area contributed by atoms with Gasteiger partial charge in [-0.05, 0) is 13.0 Å². The van der Waals surface area contributed by atoms with Gasteiger partial charge in [-0.25, -0.2) is 0 Å². The summed E-state index contributed by atoms with van der Waals surface area (Å²) in [5.41, 5.74) is 5.07. The van der Waals surface area contributed by atoms with Crippen LogP contribution in [-0.4, -0.2) is 19.0 Å². The molecule has 0 saturated carbocycles. The van der Waals surface area contributed by atoms with Gasteiger partial charge in [0.25, 0.3) is 0 Å². The summed E-state index contributed by atoms with van der Waals surface area (Å²) in [5.74, 6) is -0.277. The normalized spacial score (nSPS) is 12.9. The first-order valence-electron chi connectivity index (χ1n) is 4.18. The molecule has 66 valence electrons. The van der Waals surface area contributed by atoms with E-state index in [-0.39, 0.29) is 11.8 Å². The molecule has 1 amide bonds. The lowest BCUT2D eigenvalue weighted by atomic mass is 10.2. The van der Waals surface area contributed by atoms with E-state index in [1.54, 1.807) is 0 Å². The van der Waals surface area contributed by atoms with E-state index in [2.05, 4.69) is 12.2 Å². The predicted octanol–water partition coefficient (Wildman–Crippen LogP) is 0.497. The van der Waals surface area contributed by atoms with Gasteiger partial charge in [-0.2, -0.15) is 0 Å². The molecule has 0 aromatic heterocycles. The zero-order valence-corrected chi connectivity index (χ0v) is 7.39. The molecule has 0 rings (SSSR count).